The maximum absolute atomic E-state index is 15.6. The van der Waals surface area contributed by atoms with Crippen LogP contribution in [0.5, 0.6) is 17.2 Å². The van der Waals surface area contributed by atoms with Gasteiger partial charge in [0.1, 0.15) is 29.9 Å². The summed E-state index contributed by atoms with van der Waals surface area (Å²) in [6.07, 6.45) is 13.9. The van der Waals surface area contributed by atoms with Crippen LogP contribution in [-0.4, -0.2) is 68.2 Å². The van der Waals surface area contributed by atoms with Gasteiger partial charge < -0.3 is 34.2 Å². The van der Waals surface area contributed by atoms with Crippen molar-refractivity contribution in [3.63, 3.8) is 0 Å². The van der Waals surface area contributed by atoms with E-state index in [0.717, 1.165) is 85.3 Å². The minimum absolute atomic E-state index is 0.0209. The minimum Gasteiger partial charge on any atom is -0.459 e. The van der Waals surface area contributed by atoms with Gasteiger partial charge in [0.2, 0.25) is 11.7 Å². The first-order valence-corrected chi connectivity index (χ1v) is 26.2. The normalized spacial score (nSPS) is 22.5. The Labute approximate surface area is 431 Å². The molecule has 15 heteroatoms. The topological polar surface area (TPSA) is 196 Å². The lowest BCUT2D eigenvalue weighted by molar-refractivity contribution is -0.385. The summed E-state index contributed by atoms with van der Waals surface area (Å²) < 4.78 is 21.3. The van der Waals surface area contributed by atoms with Crippen LogP contribution >= 0.6 is 0 Å². The summed E-state index contributed by atoms with van der Waals surface area (Å²) in [6, 6.07) is 31.4. The average Bonchev–Trinajstić information content (AvgIpc) is 3.95. The quantitative estimate of drug-likeness (QED) is 0.0258. The SMILES string of the molecule is C=CCOC12Oc3ccc(Oc4cccc([N+](=O)[O-])c4)cc3C3C(CCCCO)C(CCCCO)C=C(C(=NOCc4ccc([N+](=O)[O-])cc4)CC1N(Cc1cccc4ccccc14)C(=O)CCC1CCCC1)C32. The molecule has 9 rings (SSSR count). The molecule has 0 aromatic heterocycles. The van der Waals surface area contributed by atoms with Crippen molar-refractivity contribution in [1.82, 2.24) is 4.90 Å². The number of aliphatic hydroxyl groups is 2. The van der Waals surface area contributed by atoms with Gasteiger partial charge in [-0.25, -0.2) is 0 Å². The monoisotopic (exact) mass is 1010 g/mol. The summed E-state index contributed by atoms with van der Waals surface area (Å²) in [5.74, 6) is -0.872. The molecule has 1 aliphatic heterocycles. The molecule has 3 aliphatic carbocycles. The molecule has 0 saturated heterocycles. The lowest BCUT2D eigenvalue weighted by Gasteiger charge is -2.60. The molecule has 5 aromatic rings. The van der Waals surface area contributed by atoms with Crippen molar-refractivity contribution in [2.24, 2.45) is 28.8 Å². The fourth-order valence-electron chi connectivity index (χ4n) is 12.2. The third-order valence-electron chi connectivity index (χ3n) is 15.6. The highest BCUT2D eigenvalue weighted by Crippen LogP contribution is 2.62. The lowest BCUT2D eigenvalue weighted by atomic mass is 9.55. The van der Waals surface area contributed by atoms with Crippen molar-refractivity contribution in [3.05, 3.63) is 170 Å². The summed E-state index contributed by atoms with van der Waals surface area (Å²) >= 11 is 0. The van der Waals surface area contributed by atoms with Crippen LogP contribution in [0.15, 0.2) is 139 Å². The fraction of sp³-hybridized carbons (Fsp3) is 0.424. The predicted octanol–water partition coefficient (Wildman–Crippen LogP) is 12.3. The molecule has 6 unspecified atom stereocenters. The van der Waals surface area contributed by atoms with Gasteiger partial charge in [-0.3, -0.25) is 25.0 Å². The second-order valence-corrected chi connectivity index (χ2v) is 20.2. The Morgan fingerprint density at radius 2 is 1.57 bits per heavy atom. The molecule has 2 fully saturated rings. The number of amides is 1. The molecule has 15 nitrogen and oxygen atoms in total. The van der Waals surface area contributed by atoms with Crippen LogP contribution in [0.25, 0.3) is 10.8 Å². The van der Waals surface area contributed by atoms with Crippen LogP contribution in [0, 0.1) is 43.9 Å². The first-order chi connectivity index (χ1) is 36.1. The lowest BCUT2D eigenvalue weighted by Crippen LogP contribution is -2.70. The van der Waals surface area contributed by atoms with Gasteiger partial charge in [0.15, 0.2) is 0 Å². The maximum Gasteiger partial charge on any atom is 0.273 e. The number of nitro groups is 2. The Morgan fingerprint density at radius 3 is 2.32 bits per heavy atom. The summed E-state index contributed by atoms with van der Waals surface area (Å²) in [7, 11) is 0. The molecule has 4 aliphatic rings. The summed E-state index contributed by atoms with van der Waals surface area (Å²) in [6.45, 7) is 4.54. The Bertz CT molecular complexity index is 2860. The zero-order valence-corrected chi connectivity index (χ0v) is 41.8. The van der Waals surface area contributed by atoms with E-state index in [9.17, 15) is 30.4 Å². The van der Waals surface area contributed by atoms with Crippen molar-refractivity contribution in [2.75, 3.05) is 19.8 Å². The van der Waals surface area contributed by atoms with E-state index in [1.807, 2.05) is 35.2 Å². The number of ether oxygens (including phenoxy) is 3. The molecule has 1 heterocycles. The summed E-state index contributed by atoms with van der Waals surface area (Å²) in [4.78, 5) is 46.3. The highest BCUT2D eigenvalue weighted by atomic mass is 16.7. The number of nitrogens with zero attached hydrogens (tertiary/aromatic N) is 4. The van der Waals surface area contributed by atoms with Gasteiger partial charge in [-0.2, -0.15) is 0 Å². The molecule has 388 valence electrons. The van der Waals surface area contributed by atoms with Crippen LogP contribution in [0.2, 0.25) is 0 Å². The molecule has 0 spiro atoms. The number of aliphatic hydroxyl groups excluding tert-OH is 2. The van der Waals surface area contributed by atoms with Gasteiger partial charge in [0.25, 0.3) is 11.4 Å². The van der Waals surface area contributed by atoms with Gasteiger partial charge in [-0.1, -0.05) is 104 Å². The summed E-state index contributed by atoms with van der Waals surface area (Å²) in [5, 5.41) is 50.6. The van der Waals surface area contributed by atoms with Crippen molar-refractivity contribution in [1.29, 1.82) is 0 Å². The molecule has 74 heavy (non-hydrogen) atoms. The number of nitro benzene ring substituents is 2. The van der Waals surface area contributed by atoms with E-state index in [1.54, 1.807) is 36.4 Å². The standard InChI is InChI=1S/C59H66N4O11/c1-2-33-71-59-55(61(56(66)30-25-40-13-3-4-14-40)38-44-18-11-17-42-15-5-6-21-49(42)44)37-53(60-72-39-41-23-26-45(27-24-41)62(67)68)51-34-43(16-7-9-31-64)50(22-8-10-32-65)57(58(51)59)52-36-48(28-29-54(52)74-59)73-47-20-12-19-46(35-47)63(69)70/h2,5-6,11-12,15,17-21,23-24,26-29,34-36,40,43,50,55,57-58,64-65H,1,3-4,7-10,13-14,16,22,25,30-33,37-39H2. The van der Waals surface area contributed by atoms with Gasteiger partial charge in [-0.05, 0) is 114 Å². The van der Waals surface area contributed by atoms with Gasteiger partial charge in [0, 0.05) is 62.3 Å². The Kier molecular flexibility index (Phi) is 16.8. The zero-order valence-electron chi connectivity index (χ0n) is 41.8. The molecular weight excluding hydrogens is 941 g/mol. The average molecular weight is 1010 g/mol. The molecule has 6 atom stereocenters. The highest BCUT2D eigenvalue weighted by Gasteiger charge is 2.65. The zero-order chi connectivity index (χ0) is 51.6. The molecular formula is C59H66N4O11. The minimum atomic E-state index is -1.52. The first kappa shape index (κ1) is 51.9. The fourth-order valence-corrected chi connectivity index (χ4v) is 12.2. The van der Waals surface area contributed by atoms with Crippen LogP contribution in [0.3, 0.4) is 0 Å². The van der Waals surface area contributed by atoms with Gasteiger partial charge in [0.05, 0.1) is 34.1 Å². The van der Waals surface area contributed by atoms with E-state index in [0.29, 0.717) is 53.7 Å². The Balaban J connectivity index is 1.24. The number of hydrogen-bond donors (Lipinski definition) is 2. The van der Waals surface area contributed by atoms with E-state index in [4.69, 9.17) is 24.2 Å². The predicted molar refractivity (Wildman–Crippen MR) is 282 cm³/mol. The van der Waals surface area contributed by atoms with E-state index < -0.39 is 27.6 Å². The number of benzene rings is 5. The molecule has 2 saturated carbocycles. The Hall–Kier alpha value is -6.94. The number of hydrogen-bond acceptors (Lipinski definition) is 12. The molecule has 0 bridgehead atoms. The van der Waals surface area contributed by atoms with Crippen molar-refractivity contribution in [2.45, 2.75) is 114 Å². The largest absolute Gasteiger partial charge is 0.459 e. The third kappa shape index (κ3) is 11.4. The van der Waals surface area contributed by atoms with Crippen molar-refractivity contribution in [3.8, 4) is 17.2 Å². The number of rotatable bonds is 24. The second kappa shape index (κ2) is 23.9. The first-order valence-electron chi connectivity index (χ1n) is 26.2. The number of unbranched alkanes of at least 4 members (excludes halogenated alkanes) is 2. The van der Waals surface area contributed by atoms with Crippen LogP contribution in [0.1, 0.15) is 106 Å². The van der Waals surface area contributed by atoms with E-state index in [1.165, 1.54) is 24.3 Å². The van der Waals surface area contributed by atoms with E-state index >= 15 is 4.79 Å². The number of allylic oxidation sites excluding steroid dienone is 1. The molecule has 1 amide bonds. The van der Waals surface area contributed by atoms with E-state index in [-0.39, 0.29) is 74.4 Å². The number of carbonyl (C=O) groups is 1. The second-order valence-electron chi connectivity index (χ2n) is 20.2. The highest BCUT2D eigenvalue weighted by molar-refractivity contribution is 6.03. The number of fused-ring (bicyclic) bond motifs is 3. The number of oxime groups is 1. The van der Waals surface area contributed by atoms with Gasteiger partial charge >= 0.3 is 0 Å². The van der Waals surface area contributed by atoms with Crippen LogP contribution in [0.4, 0.5) is 11.4 Å². The maximum atomic E-state index is 15.6. The summed E-state index contributed by atoms with van der Waals surface area (Å²) in [5.41, 5.74) is 3.82. The van der Waals surface area contributed by atoms with Crippen LogP contribution < -0.4 is 9.47 Å². The third-order valence-corrected chi connectivity index (χ3v) is 15.6. The van der Waals surface area contributed by atoms with Gasteiger partial charge in [-0.15, -0.1) is 6.58 Å². The number of non-ortho nitro benzene ring substituents is 2. The molecule has 0 radical (unpaired) electrons. The smallest absolute Gasteiger partial charge is 0.273 e. The molecule has 2 N–H and O–H groups in total. The van der Waals surface area contributed by atoms with Crippen molar-refractivity contribution >= 4 is 33.8 Å². The molecule has 5 aromatic carbocycles. The van der Waals surface area contributed by atoms with E-state index in [2.05, 4.69) is 36.9 Å². The Morgan fingerprint density at radius 1 is 0.838 bits per heavy atom. The number of carbonyl (C=O) groups excluding carboxylic acids is 1. The van der Waals surface area contributed by atoms with Crippen molar-refractivity contribution < 1.29 is 43.9 Å². The van der Waals surface area contributed by atoms with Crippen LogP contribution in [-0.2, 0) is 27.5 Å².